The maximum atomic E-state index is 5.71. The molecule has 0 spiro atoms. The van der Waals surface area contributed by atoms with Crippen molar-refractivity contribution in [1.29, 1.82) is 0 Å². The summed E-state index contributed by atoms with van der Waals surface area (Å²) in [4.78, 5) is 0. The smallest absolute Gasteiger partial charge is 0.241 e. The van der Waals surface area contributed by atoms with E-state index in [1.165, 1.54) is 19.3 Å². The topological polar surface area (TPSA) is 18.5 Å². The van der Waals surface area contributed by atoms with E-state index in [1.54, 1.807) is 7.11 Å². The lowest BCUT2D eigenvalue weighted by Gasteiger charge is -2.39. The molecule has 1 aliphatic carbocycles. The van der Waals surface area contributed by atoms with Gasteiger partial charge < -0.3 is 9.16 Å². The number of allylic oxidation sites excluding steroid dienone is 1. The van der Waals surface area contributed by atoms with Crippen LogP contribution in [0.5, 0.6) is 0 Å². The van der Waals surface area contributed by atoms with E-state index in [0.717, 1.165) is 19.3 Å². The van der Waals surface area contributed by atoms with E-state index in [4.69, 9.17) is 15.6 Å². The summed E-state index contributed by atoms with van der Waals surface area (Å²) in [5.41, 5.74) is -0.328. The summed E-state index contributed by atoms with van der Waals surface area (Å²) >= 11 is 0. The van der Waals surface area contributed by atoms with Crippen molar-refractivity contribution in [3.63, 3.8) is 0 Å². The molecule has 0 saturated heterocycles. The number of terminal acetylenes is 1. The molecule has 0 aromatic heterocycles. The summed E-state index contributed by atoms with van der Waals surface area (Å²) in [5, 5.41) is 0. The van der Waals surface area contributed by atoms with E-state index in [-0.39, 0.29) is 5.60 Å². The fourth-order valence-corrected chi connectivity index (χ4v) is 3.23. The van der Waals surface area contributed by atoms with Gasteiger partial charge in [0.05, 0.1) is 6.26 Å². The summed E-state index contributed by atoms with van der Waals surface area (Å²) in [5.74, 6) is 3.39. The third-order valence-electron chi connectivity index (χ3n) is 3.82. The van der Waals surface area contributed by atoms with Gasteiger partial charge in [-0.1, -0.05) is 18.4 Å². The van der Waals surface area contributed by atoms with Crippen molar-refractivity contribution in [2.45, 2.75) is 63.8 Å². The minimum absolute atomic E-state index is 0.328. The molecular weight excluding hydrogens is 252 g/mol. The first-order chi connectivity index (χ1) is 8.93. The molecule has 0 amide bonds. The largest absolute Gasteiger partial charge is 0.550 e. The SMILES string of the molecule is C#CC1(OC)CCCCC1CC/C=C/O[Si](C)(C)C. The first-order valence-electron chi connectivity index (χ1n) is 7.29. The van der Waals surface area contributed by atoms with Crippen LogP contribution in [0, 0.1) is 18.3 Å². The van der Waals surface area contributed by atoms with Gasteiger partial charge in [0.25, 0.3) is 0 Å². The molecule has 2 atom stereocenters. The molecule has 2 unspecified atom stereocenters. The molecule has 0 radical (unpaired) electrons. The summed E-state index contributed by atoms with van der Waals surface area (Å²) < 4.78 is 11.4. The van der Waals surface area contributed by atoms with Crippen molar-refractivity contribution in [2.75, 3.05) is 7.11 Å². The third-order valence-corrected chi connectivity index (χ3v) is 4.66. The second-order valence-corrected chi connectivity index (χ2v) is 10.8. The van der Waals surface area contributed by atoms with Gasteiger partial charge in [0.1, 0.15) is 5.60 Å². The Labute approximate surface area is 119 Å². The van der Waals surface area contributed by atoms with Gasteiger partial charge in [-0.15, -0.1) is 6.42 Å². The van der Waals surface area contributed by atoms with E-state index in [2.05, 4.69) is 31.6 Å². The molecule has 0 heterocycles. The number of hydrogen-bond donors (Lipinski definition) is 0. The van der Waals surface area contributed by atoms with Crippen molar-refractivity contribution >= 4 is 8.32 Å². The molecule has 108 valence electrons. The van der Waals surface area contributed by atoms with Crippen LogP contribution in [0.1, 0.15) is 38.5 Å². The van der Waals surface area contributed by atoms with Crippen LogP contribution in [0.2, 0.25) is 19.6 Å². The molecule has 1 aliphatic rings. The first kappa shape index (κ1) is 16.3. The van der Waals surface area contributed by atoms with Crippen LogP contribution in [-0.4, -0.2) is 21.0 Å². The highest BCUT2D eigenvalue weighted by molar-refractivity contribution is 6.69. The lowest BCUT2D eigenvalue weighted by Crippen LogP contribution is -2.41. The molecule has 19 heavy (non-hydrogen) atoms. The predicted octanol–water partition coefficient (Wildman–Crippen LogP) is 4.34. The summed E-state index contributed by atoms with van der Waals surface area (Å²) in [7, 11) is 0.320. The van der Waals surface area contributed by atoms with E-state index < -0.39 is 8.32 Å². The van der Waals surface area contributed by atoms with Gasteiger partial charge >= 0.3 is 0 Å². The Hall–Kier alpha value is -0.723. The molecule has 0 aromatic carbocycles. The van der Waals surface area contributed by atoms with Crippen molar-refractivity contribution in [2.24, 2.45) is 5.92 Å². The Kier molecular flexibility index (Phi) is 6.16. The molecular formula is C16H28O2Si. The summed E-state index contributed by atoms with van der Waals surface area (Å²) in [6.45, 7) is 6.56. The van der Waals surface area contributed by atoms with Crippen molar-refractivity contribution < 1.29 is 9.16 Å². The Balaban J connectivity index is 2.45. The third kappa shape index (κ3) is 5.04. The number of methoxy groups -OCH3 is 1. The van der Waals surface area contributed by atoms with Crippen LogP contribution >= 0.6 is 0 Å². The molecule has 1 rings (SSSR count). The number of ether oxygens (including phenoxy) is 1. The second kappa shape index (κ2) is 7.16. The highest BCUT2D eigenvalue weighted by Gasteiger charge is 2.38. The molecule has 1 saturated carbocycles. The first-order valence-corrected chi connectivity index (χ1v) is 10.7. The normalized spacial score (nSPS) is 28.3. The van der Waals surface area contributed by atoms with Gasteiger partial charge in [-0.3, -0.25) is 0 Å². The maximum absolute atomic E-state index is 5.71. The van der Waals surface area contributed by atoms with Crippen LogP contribution in [-0.2, 0) is 9.16 Å². The van der Waals surface area contributed by atoms with Gasteiger partial charge in [0, 0.05) is 7.11 Å². The Morgan fingerprint density at radius 1 is 1.37 bits per heavy atom. The maximum Gasteiger partial charge on any atom is 0.241 e. The Morgan fingerprint density at radius 2 is 2.11 bits per heavy atom. The van der Waals surface area contributed by atoms with Crippen LogP contribution < -0.4 is 0 Å². The molecule has 0 aromatic rings. The fourth-order valence-electron chi connectivity index (χ4n) is 2.73. The van der Waals surface area contributed by atoms with Crippen LogP contribution in [0.25, 0.3) is 0 Å². The zero-order chi connectivity index (χ0) is 14.4. The highest BCUT2D eigenvalue weighted by Crippen LogP contribution is 2.38. The zero-order valence-electron chi connectivity index (χ0n) is 12.9. The minimum atomic E-state index is -1.43. The molecule has 0 aliphatic heterocycles. The van der Waals surface area contributed by atoms with Gasteiger partial charge in [-0.2, -0.15) is 0 Å². The summed E-state index contributed by atoms with van der Waals surface area (Å²) in [6, 6.07) is 0. The molecule has 0 N–H and O–H groups in total. The number of hydrogen-bond acceptors (Lipinski definition) is 2. The minimum Gasteiger partial charge on any atom is -0.550 e. The Bertz CT molecular complexity index is 338. The van der Waals surface area contributed by atoms with E-state index in [9.17, 15) is 0 Å². The summed E-state index contributed by atoms with van der Waals surface area (Å²) in [6.07, 6.45) is 16.5. The second-order valence-electron chi connectivity index (χ2n) is 6.36. The van der Waals surface area contributed by atoms with Gasteiger partial charge in [0.15, 0.2) is 0 Å². The fraction of sp³-hybridized carbons (Fsp3) is 0.750. The van der Waals surface area contributed by atoms with Crippen molar-refractivity contribution in [3.05, 3.63) is 12.3 Å². The average Bonchev–Trinajstić information content (AvgIpc) is 2.37. The van der Waals surface area contributed by atoms with E-state index >= 15 is 0 Å². The quantitative estimate of drug-likeness (QED) is 0.409. The molecule has 3 heteroatoms. The van der Waals surface area contributed by atoms with Crippen LogP contribution in [0.3, 0.4) is 0 Å². The monoisotopic (exact) mass is 280 g/mol. The molecule has 2 nitrogen and oxygen atoms in total. The van der Waals surface area contributed by atoms with Crippen LogP contribution in [0.4, 0.5) is 0 Å². The van der Waals surface area contributed by atoms with Gasteiger partial charge in [0.2, 0.25) is 8.32 Å². The Morgan fingerprint density at radius 3 is 2.68 bits per heavy atom. The zero-order valence-corrected chi connectivity index (χ0v) is 13.9. The lowest BCUT2D eigenvalue weighted by molar-refractivity contribution is -0.0383. The standard InChI is InChI=1S/C16H28O2Si/c1-6-16(17-2)13-9-7-11-15(16)12-8-10-14-18-19(3,4)5/h1,10,14-15H,7-9,11-13H2,2-5H3/b14-10+. The van der Waals surface area contributed by atoms with Crippen LogP contribution in [0.15, 0.2) is 12.3 Å². The highest BCUT2D eigenvalue weighted by atomic mass is 28.4. The molecule has 0 bridgehead atoms. The van der Waals surface area contributed by atoms with Gasteiger partial charge in [-0.05, 0) is 57.7 Å². The lowest BCUT2D eigenvalue weighted by atomic mass is 9.73. The van der Waals surface area contributed by atoms with Crippen molar-refractivity contribution in [3.8, 4) is 12.3 Å². The van der Waals surface area contributed by atoms with Gasteiger partial charge in [-0.25, -0.2) is 0 Å². The number of rotatable bonds is 6. The van der Waals surface area contributed by atoms with E-state index in [1.807, 2.05) is 6.26 Å². The predicted molar refractivity (Wildman–Crippen MR) is 83.3 cm³/mol. The molecule has 1 fully saturated rings. The average molecular weight is 280 g/mol. The van der Waals surface area contributed by atoms with Crippen molar-refractivity contribution in [1.82, 2.24) is 0 Å². The van der Waals surface area contributed by atoms with E-state index in [0.29, 0.717) is 5.92 Å².